The van der Waals surface area contributed by atoms with Crippen LogP contribution in [0.25, 0.3) is 0 Å². The zero-order chi connectivity index (χ0) is 8.27. The molecule has 0 N–H and O–H groups in total. The summed E-state index contributed by atoms with van der Waals surface area (Å²) in [7, 11) is 0. The monoisotopic (exact) mass is 189 g/mol. The molecule has 0 fully saturated rings. The first-order valence-electron chi connectivity index (χ1n) is 3.89. The molecule has 0 radical (unpaired) electrons. The van der Waals surface area contributed by atoms with Gasteiger partial charge < -0.3 is 0 Å². The summed E-state index contributed by atoms with van der Waals surface area (Å²) < 4.78 is 0.798. The number of nitrogens with zero attached hydrogens (tertiary/aromatic N) is 1. The number of aromatic nitrogens is 1. The lowest BCUT2D eigenvalue weighted by Gasteiger charge is -2.06. The Morgan fingerprint density at radius 3 is 2.55 bits per heavy atom. The van der Waals surface area contributed by atoms with Gasteiger partial charge in [-0.2, -0.15) is 0 Å². The Hall–Kier alpha value is -0.0800. The summed E-state index contributed by atoms with van der Waals surface area (Å²) in [6.45, 7) is 4.37. The quantitative estimate of drug-likeness (QED) is 0.707. The Balaban J connectivity index is 2.73. The van der Waals surface area contributed by atoms with E-state index in [2.05, 4.69) is 18.8 Å². The van der Waals surface area contributed by atoms with Crippen molar-refractivity contribution in [3.8, 4) is 0 Å². The molecule has 0 saturated heterocycles. The third kappa shape index (κ3) is 2.17. The Bertz CT molecular complexity index is 218. The van der Waals surface area contributed by atoms with Crippen molar-refractivity contribution >= 4 is 22.9 Å². The summed E-state index contributed by atoms with van der Waals surface area (Å²) in [5.74, 6) is 0.604. The molecule has 0 bridgehead atoms. The van der Waals surface area contributed by atoms with Gasteiger partial charge in [0.25, 0.3) is 0 Å². The first-order valence-corrected chi connectivity index (χ1v) is 5.08. The largest absolute Gasteiger partial charge is 0.248 e. The van der Waals surface area contributed by atoms with Gasteiger partial charge in [-0.05, 0) is 12.8 Å². The fourth-order valence-corrected chi connectivity index (χ4v) is 2.29. The van der Waals surface area contributed by atoms with Crippen LogP contribution in [-0.2, 0) is 0 Å². The molecule has 1 nitrogen and oxygen atoms in total. The van der Waals surface area contributed by atoms with E-state index in [1.54, 1.807) is 17.5 Å². The molecular formula is C8H12ClNS. The minimum atomic E-state index is 0.604. The summed E-state index contributed by atoms with van der Waals surface area (Å²) in [5.41, 5.74) is 0. The number of hydrogen-bond acceptors (Lipinski definition) is 2. The van der Waals surface area contributed by atoms with Crippen LogP contribution in [0.4, 0.5) is 0 Å². The van der Waals surface area contributed by atoms with Gasteiger partial charge in [-0.3, -0.25) is 0 Å². The predicted octanol–water partition coefficient (Wildman–Crippen LogP) is 3.70. The van der Waals surface area contributed by atoms with Crippen LogP contribution in [0.1, 0.15) is 37.6 Å². The SMILES string of the molecule is CCC(CC)c1ncc(Cl)s1. The van der Waals surface area contributed by atoms with Crippen LogP contribution in [0, 0.1) is 0 Å². The third-order valence-electron chi connectivity index (χ3n) is 1.83. The van der Waals surface area contributed by atoms with Gasteiger partial charge in [0.2, 0.25) is 0 Å². The predicted molar refractivity (Wildman–Crippen MR) is 50.4 cm³/mol. The van der Waals surface area contributed by atoms with Crippen LogP contribution >= 0.6 is 22.9 Å². The van der Waals surface area contributed by atoms with Gasteiger partial charge in [-0.15, -0.1) is 11.3 Å². The van der Waals surface area contributed by atoms with E-state index < -0.39 is 0 Å². The molecule has 11 heavy (non-hydrogen) atoms. The maximum absolute atomic E-state index is 5.77. The van der Waals surface area contributed by atoms with Crippen molar-refractivity contribution in [1.29, 1.82) is 0 Å². The number of rotatable bonds is 3. The fraction of sp³-hybridized carbons (Fsp3) is 0.625. The average molecular weight is 190 g/mol. The van der Waals surface area contributed by atoms with Gasteiger partial charge >= 0.3 is 0 Å². The topological polar surface area (TPSA) is 12.9 Å². The molecule has 3 heteroatoms. The Labute approximate surface area is 76.4 Å². The number of halogens is 1. The molecule has 1 aromatic heterocycles. The van der Waals surface area contributed by atoms with Gasteiger partial charge in [-0.25, -0.2) is 4.98 Å². The maximum atomic E-state index is 5.77. The van der Waals surface area contributed by atoms with Crippen LogP contribution in [-0.4, -0.2) is 4.98 Å². The highest BCUT2D eigenvalue weighted by Gasteiger charge is 2.10. The van der Waals surface area contributed by atoms with Crippen LogP contribution in [0.3, 0.4) is 0 Å². The molecule has 1 heterocycles. The second-order valence-electron chi connectivity index (χ2n) is 2.52. The highest BCUT2D eigenvalue weighted by Crippen LogP contribution is 2.29. The second-order valence-corrected chi connectivity index (χ2v) is 4.21. The van der Waals surface area contributed by atoms with E-state index in [0.29, 0.717) is 5.92 Å². The normalized spacial score (nSPS) is 10.9. The highest BCUT2D eigenvalue weighted by molar-refractivity contribution is 7.15. The number of thiazole rings is 1. The third-order valence-corrected chi connectivity index (χ3v) is 3.11. The molecule has 0 spiro atoms. The summed E-state index contributed by atoms with van der Waals surface area (Å²) in [4.78, 5) is 4.24. The molecule has 62 valence electrons. The van der Waals surface area contributed by atoms with Crippen molar-refractivity contribution < 1.29 is 0 Å². The zero-order valence-corrected chi connectivity index (χ0v) is 8.37. The van der Waals surface area contributed by atoms with E-state index in [0.717, 1.165) is 17.2 Å². The van der Waals surface area contributed by atoms with Gasteiger partial charge in [0.1, 0.15) is 4.34 Å². The van der Waals surface area contributed by atoms with E-state index in [4.69, 9.17) is 11.6 Å². The van der Waals surface area contributed by atoms with Gasteiger partial charge in [-0.1, -0.05) is 25.4 Å². The Morgan fingerprint density at radius 2 is 2.18 bits per heavy atom. The molecule has 0 amide bonds. The molecule has 1 aromatic rings. The van der Waals surface area contributed by atoms with Crippen molar-refractivity contribution in [1.82, 2.24) is 4.98 Å². The fourth-order valence-electron chi connectivity index (χ4n) is 1.09. The molecular weight excluding hydrogens is 178 g/mol. The van der Waals surface area contributed by atoms with Gasteiger partial charge in [0, 0.05) is 5.92 Å². The Kier molecular flexibility index (Phi) is 3.34. The minimum absolute atomic E-state index is 0.604. The lowest BCUT2D eigenvalue weighted by Crippen LogP contribution is -1.92. The molecule has 0 aliphatic carbocycles. The molecule has 0 saturated carbocycles. The zero-order valence-electron chi connectivity index (χ0n) is 6.80. The standard InChI is InChI=1S/C8H12ClNS/c1-3-6(4-2)8-10-5-7(9)11-8/h5-6H,3-4H2,1-2H3. The van der Waals surface area contributed by atoms with Crippen LogP contribution in [0.15, 0.2) is 6.20 Å². The lowest BCUT2D eigenvalue weighted by molar-refractivity contribution is 0.637. The van der Waals surface area contributed by atoms with E-state index in [-0.39, 0.29) is 0 Å². The minimum Gasteiger partial charge on any atom is -0.248 e. The average Bonchev–Trinajstić information content (AvgIpc) is 2.39. The van der Waals surface area contributed by atoms with Crippen LogP contribution < -0.4 is 0 Å². The van der Waals surface area contributed by atoms with Crippen LogP contribution in [0.2, 0.25) is 4.34 Å². The molecule has 0 unspecified atom stereocenters. The summed E-state index contributed by atoms with van der Waals surface area (Å²) in [6, 6.07) is 0. The summed E-state index contributed by atoms with van der Waals surface area (Å²) in [5, 5.41) is 1.18. The van der Waals surface area contributed by atoms with Crippen molar-refractivity contribution in [3.05, 3.63) is 15.5 Å². The van der Waals surface area contributed by atoms with E-state index in [9.17, 15) is 0 Å². The van der Waals surface area contributed by atoms with Gasteiger partial charge in [0.15, 0.2) is 0 Å². The Morgan fingerprint density at radius 1 is 1.55 bits per heavy atom. The second kappa shape index (κ2) is 4.07. The molecule has 0 aromatic carbocycles. The molecule has 1 rings (SSSR count). The molecule has 0 aliphatic rings. The number of hydrogen-bond donors (Lipinski definition) is 0. The van der Waals surface area contributed by atoms with Crippen molar-refractivity contribution in [2.45, 2.75) is 32.6 Å². The van der Waals surface area contributed by atoms with E-state index in [1.807, 2.05) is 0 Å². The van der Waals surface area contributed by atoms with E-state index in [1.165, 1.54) is 5.01 Å². The van der Waals surface area contributed by atoms with Crippen molar-refractivity contribution in [3.63, 3.8) is 0 Å². The molecule has 0 atom stereocenters. The summed E-state index contributed by atoms with van der Waals surface area (Å²) >= 11 is 7.37. The molecule has 0 aliphatic heterocycles. The first kappa shape index (κ1) is 9.01. The smallest absolute Gasteiger partial charge is 0.113 e. The van der Waals surface area contributed by atoms with Crippen LogP contribution in [0.5, 0.6) is 0 Å². The highest BCUT2D eigenvalue weighted by atomic mass is 35.5. The summed E-state index contributed by atoms with van der Waals surface area (Å²) in [6.07, 6.45) is 4.04. The van der Waals surface area contributed by atoms with Gasteiger partial charge in [0.05, 0.1) is 11.2 Å². The van der Waals surface area contributed by atoms with E-state index >= 15 is 0 Å². The maximum Gasteiger partial charge on any atom is 0.113 e. The lowest BCUT2D eigenvalue weighted by atomic mass is 10.1. The van der Waals surface area contributed by atoms with Crippen molar-refractivity contribution in [2.75, 3.05) is 0 Å². The first-order chi connectivity index (χ1) is 5.27. The van der Waals surface area contributed by atoms with Crippen molar-refractivity contribution in [2.24, 2.45) is 0 Å².